The van der Waals surface area contributed by atoms with Gasteiger partial charge in [-0.05, 0) is 60.5 Å². The maximum Gasteiger partial charge on any atom is 0.161 e. The van der Waals surface area contributed by atoms with Crippen LogP contribution < -0.4 is 9.47 Å². The molecule has 0 unspecified atom stereocenters. The van der Waals surface area contributed by atoms with E-state index < -0.39 is 0 Å². The molecule has 0 bridgehead atoms. The summed E-state index contributed by atoms with van der Waals surface area (Å²) in [5.41, 5.74) is 3.26. The predicted octanol–water partition coefficient (Wildman–Crippen LogP) is 6.99. The van der Waals surface area contributed by atoms with Gasteiger partial charge in [0.25, 0.3) is 0 Å². The van der Waals surface area contributed by atoms with Crippen molar-refractivity contribution in [1.29, 1.82) is 5.26 Å². The van der Waals surface area contributed by atoms with Crippen LogP contribution in [0, 0.1) is 11.3 Å². The maximum absolute atomic E-state index is 9.71. The molecule has 1 aromatic heterocycles. The van der Waals surface area contributed by atoms with E-state index in [-0.39, 0.29) is 0 Å². The van der Waals surface area contributed by atoms with Gasteiger partial charge in [0, 0.05) is 5.02 Å². The van der Waals surface area contributed by atoms with Gasteiger partial charge in [-0.25, -0.2) is 4.98 Å². The molecule has 3 aromatic carbocycles. The third-order valence-electron chi connectivity index (χ3n) is 4.53. The second-order valence-electron chi connectivity index (χ2n) is 6.71. The molecule has 0 spiro atoms. The molecule has 0 atom stereocenters. The molecule has 4 rings (SSSR count). The Labute approximate surface area is 190 Å². The molecule has 0 fully saturated rings. The highest BCUT2D eigenvalue weighted by Crippen LogP contribution is 2.32. The van der Waals surface area contributed by atoms with Gasteiger partial charge in [0.2, 0.25) is 0 Å². The summed E-state index contributed by atoms with van der Waals surface area (Å²) in [5, 5.41) is 11.1. The van der Waals surface area contributed by atoms with Crippen molar-refractivity contribution in [3.05, 3.63) is 87.9 Å². The fourth-order valence-corrected chi connectivity index (χ4v) is 4.10. The summed E-state index contributed by atoms with van der Waals surface area (Å²) in [5.74, 6) is 1.28. The van der Waals surface area contributed by atoms with Gasteiger partial charge < -0.3 is 9.47 Å². The van der Waals surface area contributed by atoms with Gasteiger partial charge in [-0.15, -0.1) is 11.3 Å². The van der Waals surface area contributed by atoms with Crippen LogP contribution in [0.25, 0.3) is 21.9 Å². The highest BCUT2D eigenvalue weighted by atomic mass is 35.5. The van der Waals surface area contributed by atoms with E-state index in [9.17, 15) is 5.26 Å². The normalized spacial score (nSPS) is 11.3. The van der Waals surface area contributed by atoms with Gasteiger partial charge in [-0.3, -0.25) is 0 Å². The summed E-state index contributed by atoms with van der Waals surface area (Å²) < 4.78 is 12.8. The van der Waals surface area contributed by atoms with E-state index >= 15 is 0 Å². The third-order valence-corrected chi connectivity index (χ3v) is 5.85. The van der Waals surface area contributed by atoms with Gasteiger partial charge in [0.05, 0.1) is 22.4 Å². The number of nitriles is 1. The second kappa shape index (κ2) is 9.65. The quantitative estimate of drug-likeness (QED) is 0.287. The maximum atomic E-state index is 9.71. The molecule has 0 saturated carbocycles. The average Bonchev–Trinajstić information content (AvgIpc) is 3.22. The molecule has 4 aromatic rings. The lowest BCUT2D eigenvalue weighted by Gasteiger charge is -2.13. The van der Waals surface area contributed by atoms with Gasteiger partial charge in [-0.1, -0.05) is 41.9 Å². The van der Waals surface area contributed by atoms with Gasteiger partial charge >= 0.3 is 0 Å². The number of para-hydroxylation sites is 1. The molecule has 0 aliphatic carbocycles. The number of benzene rings is 3. The van der Waals surface area contributed by atoms with Crippen molar-refractivity contribution < 1.29 is 9.47 Å². The summed E-state index contributed by atoms with van der Waals surface area (Å²) in [6, 6.07) is 23.3. The monoisotopic (exact) mass is 446 g/mol. The number of fused-ring (bicyclic) bond motifs is 1. The van der Waals surface area contributed by atoms with Crippen molar-refractivity contribution in [2.24, 2.45) is 0 Å². The zero-order chi connectivity index (χ0) is 21.6. The number of halogens is 1. The largest absolute Gasteiger partial charge is 0.490 e. The molecule has 1 heterocycles. The minimum Gasteiger partial charge on any atom is -0.490 e. The summed E-state index contributed by atoms with van der Waals surface area (Å²) in [6.07, 6.45) is 1.82. The molecule has 31 heavy (non-hydrogen) atoms. The van der Waals surface area contributed by atoms with E-state index in [1.807, 2.05) is 79.7 Å². The average molecular weight is 447 g/mol. The molecule has 0 aliphatic heterocycles. The smallest absolute Gasteiger partial charge is 0.161 e. The molecule has 0 aliphatic rings. The van der Waals surface area contributed by atoms with Crippen LogP contribution >= 0.6 is 22.9 Å². The number of ether oxygens (including phenoxy) is 2. The first-order chi connectivity index (χ1) is 15.2. The van der Waals surface area contributed by atoms with Crippen LogP contribution in [0.4, 0.5) is 0 Å². The first kappa shape index (κ1) is 20.9. The molecule has 154 valence electrons. The molecule has 0 saturated heterocycles. The fourth-order valence-electron chi connectivity index (χ4n) is 3.04. The van der Waals surface area contributed by atoms with E-state index in [1.165, 1.54) is 11.3 Å². The zero-order valence-corrected chi connectivity index (χ0v) is 18.4. The van der Waals surface area contributed by atoms with Crippen LogP contribution in [0.5, 0.6) is 11.5 Å². The van der Waals surface area contributed by atoms with Crippen LogP contribution in [0.15, 0.2) is 66.7 Å². The lowest BCUT2D eigenvalue weighted by molar-refractivity contribution is 0.269. The first-order valence-corrected chi connectivity index (χ1v) is 11.0. The summed E-state index contributed by atoms with van der Waals surface area (Å²) in [7, 11) is 0. The van der Waals surface area contributed by atoms with Gasteiger partial charge in [0.15, 0.2) is 11.5 Å². The molecular formula is C25H19ClN2O2S. The van der Waals surface area contributed by atoms with E-state index in [0.29, 0.717) is 40.3 Å². The molecule has 0 amide bonds. The Morgan fingerprint density at radius 1 is 1.06 bits per heavy atom. The van der Waals surface area contributed by atoms with Crippen molar-refractivity contribution in [1.82, 2.24) is 4.98 Å². The van der Waals surface area contributed by atoms with Crippen molar-refractivity contribution in [3.63, 3.8) is 0 Å². The Morgan fingerprint density at radius 3 is 2.61 bits per heavy atom. The van der Waals surface area contributed by atoms with E-state index in [0.717, 1.165) is 21.3 Å². The lowest BCUT2D eigenvalue weighted by Crippen LogP contribution is -2.00. The number of aromatic nitrogens is 1. The summed E-state index contributed by atoms with van der Waals surface area (Å²) in [6.45, 7) is 2.84. The Bertz CT molecular complexity index is 1240. The van der Waals surface area contributed by atoms with Gasteiger partial charge in [-0.2, -0.15) is 5.26 Å². The SMILES string of the molecule is CCOc1cc(/C=C(\C#N)c2nc3ccccc3s2)ccc1OCc1ccc(Cl)cc1. The number of rotatable bonds is 7. The Morgan fingerprint density at radius 2 is 1.87 bits per heavy atom. The minimum absolute atomic E-state index is 0.404. The highest BCUT2D eigenvalue weighted by Gasteiger charge is 2.11. The van der Waals surface area contributed by atoms with Crippen LogP contribution in [-0.4, -0.2) is 11.6 Å². The Hall–Kier alpha value is -3.33. The molecule has 6 heteroatoms. The Balaban J connectivity index is 1.59. The number of hydrogen-bond acceptors (Lipinski definition) is 5. The third kappa shape index (κ3) is 5.05. The lowest BCUT2D eigenvalue weighted by atomic mass is 10.1. The highest BCUT2D eigenvalue weighted by molar-refractivity contribution is 7.19. The second-order valence-corrected chi connectivity index (χ2v) is 8.18. The molecular weight excluding hydrogens is 428 g/mol. The van der Waals surface area contributed by atoms with Crippen LogP contribution in [0.2, 0.25) is 5.02 Å². The van der Waals surface area contributed by atoms with Crippen LogP contribution in [0.3, 0.4) is 0 Å². The molecule has 0 radical (unpaired) electrons. The van der Waals surface area contributed by atoms with E-state index in [1.54, 1.807) is 0 Å². The zero-order valence-electron chi connectivity index (χ0n) is 16.8. The molecule has 4 nitrogen and oxygen atoms in total. The first-order valence-electron chi connectivity index (χ1n) is 9.78. The number of thiazole rings is 1. The van der Waals surface area contributed by atoms with Crippen LogP contribution in [-0.2, 0) is 6.61 Å². The van der Waals surface area contributed by atoms with Crippen molar-refractivity contribution in [2.45, 2.75) is 13.5 Å². The Kier molecular flexibility index (Phi) is 6.51. The standard InChI is InChI=1S/C25H19ClN2O2S/c1-2-29-23-14-18(9-12-22(23)30-16-17-7-10-20(26)11-8-17)13-19(15-27)25-28-21-5-3-4-6-24(21)31-25/h3-14H,2,16H2,1H3/b19-13+. The number of hydrogen-bond donors (Lipinski definition) is 0. The minimum atomic E-state index is 0.404. The number of allylic oxidation sites excluding steroid dienone is 1. The van der Waals surface area contributed by atoms with Crippen LogP contribution in [0.1, 0.15) is 23.1 Å². The van der Waals surface area contributed by atoms with Gasteiger partial charge in [0.1, 0.15) is 17.7 Å². The topological polar surface area (TPSA) is 55.1 Å². The van der Waals surface area contributed by atoms with E-state index in [2.05, 4.69) is 11.1 Å². The summed E-state index contributed by atoms with van der Waals surface area (Å²) in [4.78, 5) is 4.59. The van der Waals surface area contributed by atoms with Crippen molar-refractivity contribution >= 4 is 44.8 Å². The predicted molar refractivity (Wildman–Crippen MR) is 126 cm³/mol. The summed E-state index contributed by atoms with van der Waals surface area (Å²) >= 11 is 7.45. The fraction of sp³-hybridized carbons (Fsp3) is 0.120. The van der Waals surface area contributed by atoms with Crippen molar-refractivity contribution in [3.8, 4) is 17.6 Å². The molecule has 0 N–H and O–H groups in total. The van der Waals surface area contributed by atoms with Crippen molar-refractivity contribution in [2.75, 3.05) is 6.61 Å². The number of nitrogens with zero attached hydrogens (tertiary/aromatic N) is 2. The van der Waals surface area contributed by atoms with E-state index in [4.69, 9.17) is 21.1 Å².